The van der Waals surface area contributed by atoms with E-state index in [9.17, 15) is 4.79 Å². The Hall–Kier alpha value is -1.06. The molecular formula is C13H16ClNO2. The fourth-order valence-electron chi connectivity index (χ4n) is 2.13. The fourth-order valence-corrected chi connectivity index (χ4v) is 2.24. The lowest BCUT2D eigenvalue weighted by Gasteiger charge is -2.16. The maximum absolute atomic E-state index is 12.2. The largest absolute Gasteiger partial charge is 0.396 e. The van der Waals surface area contributed by atoms with E-state index < -0.39 is 0 Å². The summed E-state index contributed by atoms with van der Waals surface area (Å²) >= 11 is 5.93. The van der Waals surface area contributed by atoms with Crippen LogP contribution in [0.4, 0.5) is 0 Å². The Bertz CT molecular complexity index is 433. The zero-order chi connectivity index (χ0) is 12.4. The van der Waals surface area contributed by atoms with E-state index >= 15 is 0 Å². The van der Waals surface area contributed by atoms with Gasteiger partial charge < -0.3 is 10.0 Å². The lowest BCUT2D eigenvalue weighted by molar-refractivity contribution is 0.0782. The van der Waals surface area contributed by atoms with Crippen molar-refractivity contribution in [3.8, 4) is 0 Å². The van der Waals surface area contributed by atoms with Crippen LogP contribution < -0.4 is 0 Å². The third-order valence-corrected chi connectivity index (χ3v) is 3.66. The third kappa shape index (κ3) is 2.61. The van der Waals surface area contributed by atoms with Crippen molar-refractivity contribution in [3.63, 3.8) is 0 Å². The van der Waals surface area contributed by atoms with Gasteiger partial charge in [0.15, 0.2) is 0 Å². The first kappa shape index (κ1) is 12.4. The van der Waals surface area contributed by atoms with Crippen LogP contribution >= 0.6 is 11.6 Å². The van der Waals surface area contributed by atoms with Gasteiger partial charge in [-0.2, -0.15) is 0 Å². The van der Waals surface area contributed by atoms with Gasteiger partial charge >= 0.3 is 0 Å². The van der Waals surface area contributed by atoms with Crippen molar-refractivity contribution in [2.24, 2.45) is 5.92 Å². The van der Waals surface area contributed by atoms with Crippen LogP contribution in [-0.4, -0.2) is 35.6 Å². The maximum atomic E-state index is 12.2. The van der Waals surface area contributed by atoms with Gasteiger partial charge in [0.2, 0.25) is 0 Å². The number of hydrogen-bond acceptors (Lipinski definition) is 2. The minimum atomic E-state index is 0.0284. The SMILES string of the molecule is Cc1cc(C(=O)N2CCC(CO)C2)ccc1Cl. The molecule has 1 aliphatic rings. The normalized spacial score (nSPS) is 19.7. The lowest BCUT2D eigenvalue weighted by atomic mass is 10.1. The van der Waals surface area contributed by atoms with Crippen molar-refractivity contribution in [1.29, 1.82) is 0 Å². The Labute approximate surface area is 106 Å². The molecule has 1 aromatic carbocycles. The number of benzene rings is 1. The Balaban J connectivity index is 2.12. The van der Waals surface area contributed by atoms with Crippen LogP contribution in [0.25, 0.3) is 0 Å². The summed E-state index contributed by atoms with van der Waals surface area (Å²) in [5.74, 6) is 0.257. The summed E-state index contributed by atoms with van der Waals surface area (Å²) in [5, 5.41) is 9.74. The van der Waals surface area contributed by atoms with Crippen molar-refractivity contribution >= 4 is 17.5 Å². The summed E-state index contributed by atoms with van der Waals surface area (Å²) < 4.78 is 0. The molecule has 0 saturated carbocycles. The van der Waals surface area contributed by atoms with E-state index in [0.29, 0.717) is 17.1 Å². The summed E-state index contributed by atoms with van der Waals surface area (Å²) in [4.78, 5) is 14.0. The summed E-state index contributed by atoms with van der Waals surface area (Å²) in [6.07, 6.45) is 0.884. The number of likely N-dealkylation sites (tertiary alicyclic amines) is 1. The zero-order valence-electron chi connectivity index (χ0n) is 9.82. The van der Waals surface area contributed by atoms with Gasteiger partial charge in [-0.1, -0.05) is 11.6 Å². The lowest BCUT2D eigenvalue weighted by Crippen LogP contribution is -2.29. The van der Waals surface area contributed by atoms with Gasteiger partial charge in [0, 0.05) is 36.2 Å². The highest BCUT2D eigenvalue weighted by Crippen LogP contribution is 2.21. The molecule has 0 bridgehead atoms. The molecule has 1 aromatic rings. The van der Waals surface area contributed by atoms with E-state index in [1.165, 1.54) is 0 Å². The number of rotatable bonds is 2. The minimum absolute atomic E-state index is 0.0284. The van der Waals surface area contributed by atoms with Crippen molar-refractivity contribution in [2.45, 2.75) is 13.3 Å². The second kappa shape index (κ2) is 5.07. The predicted molar refractivity (Wildman–Crippen MR) is 67.3 cm³/mol. The van der Waals surface area contributed by atoms with Crippen LogP contribution in [0.15, 0.2) is 18.2 Å². The van der Waals surface area contributed by atoms with Crippen molar-refractivity contribution in [2.75, 3.05) is 19.7 Å². The van der Waals surface area contributed by atoms with Gasteiger partial charge in [-0.25, -0.2) is 0 Å². The van der Waals surface area contributed by atoms with E-state index in [0.717, 1.165) is 18.5 Å². The predicted octanol–water partition coefficient (Wildman–Crippen LogP) is 2.10. The molecule has 1 amide bonds. The van der Waals surface area contributed by atoms with Crippen molar-refractivity contribution in [1.82, 2.24) is 4.90 Å². The number of hydrogen-bond donors (Lipinski definition) is 1. The summed E-state index contributed by atoms with van der Waals surface area (Å²) in [7, 11) is 0. The average Bonchev–Trinajstić information content (AvgIpc) is 2.80. The van der Waals surface area contributed by atoms with Gasteiger partial charge in [0.25, 0.3) is 5.91 Å². The summed E-state index contributed by atoms with van der Waals surface area (Å²) in [5.41, 5.74) is 1.58. The van der Waals surface area contributed by atoms with Gasteiger partial charge in [0.05, 0.1) is 0 Å². The van der Waals surface area contributed by atoms with E-state index in [1.54, 1.807) is 17.0 Å². The number of aliphatic hydroxyl groups is 1. The smallest absolute Gasteiger partial charge is 0.253 e. The monoisotopic (exact) mass is 253 g/mol. The topological polar surface area (TPSA) is 40.5 Å². The van der Waals surface area contributed by atoms with Gasteiger partial charge in [0.1, 0.15) is 0 Å². The molecule has 1 heterocycles. The minimum Gasteiger partial charge on any atom is -0.396 e. The second-order valence-electron chi connectivity index (χ2n) is 4.55. The molecule has 3 nitrogen and oxygen atoms in total. The highest BCUT2D eigenvalue weighted by Gasteiger charge is 2.26. The maximum Gasteiger partial charge on any atom is 0.253 e. The molecule has 0 aromatic heterocycles. The number of aryl methyl sites for hydroxylation is 1. The van der Waals surface area contributed by atoms with E-state index in [1.807, 2.05) is 13.0 Å². The van der Waals surface area contributed by atoms with Gasteiger partial charge in [-0.15, -0.1) is 0 Å². The van der Waals surface area contributed by atoms with Crippen LogP contribution in [0.3, 0.4) is 0 Å². The third-order valence-electron chi connectivity index (χ3n) is 3.24. The van der Waals surface area contributed by atoms with Crippen LogP contribution in [0.1, 0.15) is 22.3 Å². The molecule has 1 N–H and O–H groups in total. The quantitative estimate of drug-likeness (QED) is 0.877. The van der Waals surface area contributed by atoms with Crippen LogP contribution in [0, 0.1) is 12.8 Å². The number of carbonyl (C=O) groups excluding carboxylic acids is 1. The molecule has 17 heavy (non-hydrogen) atoms. The van der Waals surface area contributed by atoms with Crippen molar-refractivity contribution < 1.29 is 9.90 Å². The first-order chi connectivity index (χ1) is 8.11. The molecule has 1 saturated heterocycles. The van der Waals surface area contributed by atoms with Crippen LogP contribution in [0.2, 0.25) is 5.02 Å². The highest BCUT2D eigenvalue weighted by molar-refractivity contribution is 6.31. The second-order valence-corrected chi connectivity index (χ2v) is 4.96. The molecule has 2 rings (SSSR count). The number of nitrogens with zero attached hydrogens (tertiary/aromatic N) is 1. The summed E-state index contributed by atoms with van der Waals surface area (Å²) in [6.45, 7) is 3.42. The zero-order valence-corrected chi connectivity index (χ0v) is 10.6. The van der Waals surface area contributed by atoms with E-state index in [-0.39, 0.29) is 18.4 Å². The van der Waals surface area contributed by atoms with Crippen LogP contribution in [-0.2, 0) is 0 Å². The Morgan fingerprint density at radius 2 is 2.35 bits per heavy atom. The van der Waals surface area contributed by atoms with E-state index in [4.69, 9.17) is 16.7 Å². The molecule has 1 atom stereocenters. The molecule has 1 unspecified atom stereocenters. The van der Waals surface area contributed by atoms with Gasteiger partial charge in [-0.3, -0.25) is 4.79 Å². The molecule has 0 spiro atoms. The Kier molecular flexibility index (Phi) is 3.69. The van der Waals surface area contributed by atoms with Gasteiger partial charge in [-0.05, 0) is 37.1 Å². The van der Waals surface area contributed by atoms with Crippen LogP contribution in [0.5, 0.6) is 0 Å². The number of aliphatic hydroxyl groups excluding tert-OH is 1. The first-order valence-corrected chi connectivity index (χ1v) is 6.16. The molecule has 1 fully saturated rings. The highest BCUT2D eigenvalue weighted by atomic mass is 35.5. The molecule has 0 radical (unpaired) electrons. The van der Waals surface area contributed by atoms with Crippen molar-refractivity contribution in [3.05, 3.63) is 34.3 Å². The van der Waals surface area contributed by atoms with E-state index in [2.05, 4.69) is 0 Å². The number of halogens is 1. The number of amides is 1. The Morgan fingerprint density at radius 1 is 1.59 bits per heavy atom. The summed E-state index contributed by atoms with van der Waals surface area (Å²) in [6, 6.07) is 5.32. The molecule has 4 heteroatoms. The molecular weight excluding hydrogens is 238 g/mol. The molecule has 92 valence electrons. The first-order valence-electron chi connectivity index (χ1n) is 5.78. The molecule has 0 aliphatic carbocycles. The standard InChI is InChI=1S/C13H16ClNO2/c1-9-6-11(2-3-12(9)14)13(17)15-5-4-10(7-15)8-16/h2-3,6,10,16H,4-5,7-8H2,1H3. The fraction of sp³-hybridized carbons (Fsp3) is 0.462. The number of carbonyl (C=O) groups is 1. The average molecular weight is 254 g/mol. The Morgan fingerprint density at radius 3 is 2.94 bits per heavy atom. The molecule has 1 aliphatic heterocycles.